The lowest BCUT2D eigenvalue weighted by Gasteiger charge is -2.34. The molecule has 4 rings (SSSR count). The molecule has 3 aromatic carbocycles. The van der Waals surface area contributed by atoms with Gasteiger partial charge in [-0.3, -0.25) is 9.59 Å². The third-order valence-corrected chi connectivity index (χ3v) is 6.04. The van der Waals surface area contributed by atoms with Gasteiger partial charge in [-0.1, -0.05) is 35.9 Å². The minimum Gasteiger partial charge on any atom is -0.479 e. The molecule has 0 aliphatic carbocycles. The predicted molar refractivity (Wildman–Crippen MR) is 125 cm³/mol. The number of carbonyl (C=O) groups is 3. The largest absolute Gasteiger partial charge is 0.479 e. The summed E-state index contributed by atoms with van der Waals surface area (Å²) in [7, 11) is 0. The Bertz CT molecular complexity index is 1220. The van der Waals surface area contributed by atoms with E-state index in [1.54, 1.807) is 42.5 Å². The van der Waals surface area contributed by atoms with E-state index in [1.807, 2.05) is 22.6 Å². The van der Waals surface area contributed by atoms with Crippen LogP contribution in [0.4, 0.5) is 10.1 Å². The third-order valence-electron chi connectivity index (χ3n) is 5.11. The van der Waals surface area contributed by atoms with Gasteiger partial charge in [-0.05, 0) is 76.2 Å². The molecule has 2 atom stereocenters. The van der Waals surface area contributed by atoms with Crippen LogP contribution in [0.15, 0.2) is 66.7 Å². The standard InChI is InChI=1S/C23H15ClFIN2O4/c24-14-5-1-12(2-6-14)19-21(29)27-18-10-9-16(26)11-17(18)22(30)28(19)20(23(31)32)13-3-7-15(25)8-4-13/h1-11,19-20H,(H,27,29)(H,31,32). The molecule has 0 aromatic heterocycles. The number of hydrogen-bond acceptors (Lipinski definition) is 3. The number of hydrogen-bond donors (Lipinski definition) is 2. The Hall–Kier alpha value is -2.98. The molecule has 0 radical (unpaired) electrons. The minimum atomic E-state index is -1.54. The van der Waals surface area contributed by atoms with Crippen LogP contribution in [0.5, 0.6) is 0 Å². The van der Waals surface area contributed by atoms with E-state index < -0.39 is 35.7 Å². The number of benzene rings is 3. The van der Waals surface area contributed by atoms with Gasteiger partial charge in [-0.15, -0.1) is 0 Å². The van der Waals surface area contributed by atoms with Gasteiger partial charge in [-0.2, -0.15) is 0 Å². The molecule has 0 spiro atoms. The average Bonchev–Trinajstić information content (AvgIpc) is 2.85. The van der Waals surface area contributed by atoms with E-state index in [4.69, 9.17) is 11.6 Å². The second-order valence-corrected chi connectivity index (χ2v) is 8.82. The van der Waals surface area contributed by atoms with Crippen LogP contribution in [0.25, 0.3) is 0 Å². The lowest BCUT2D eigenvalue weighted by atomic mass is 9.97. The first kappa shape index (κ1) is 22.2. The molecule has 1 aliphatic heterocycles. The molecule has 1 heterocycles. The van der Waals surface area contributed by atoms with Crippen LogP contribution >= 0.6 is 34.2 Å². The minimum absolute atomic E-state index is 0.160. The van der Waals surface area contributed by atoms with Crippen molar-refractivity contribution >= 4 is 57.7 Å². The highest BCUT2D eigenvalue weighted by Gasteiger charge is 2.43. The lowest BCUT2D eigenvalue weighted by molar-refractivity contribution is -0.144. The Balaban J connectivity index is 1.95. The molecule has 0 saturated carbocycles. The number of carbonyl (C=O) groups excluding carboxylic acids is 2. The Morgan fingerprint density at radius 1 is 1.06 bits per heavy atom. The number of aliphatic carboxylic acids is 1. The molecule has 0 fully saturated rings. The molecule has 0 saturated heterocycles. The first-order valence-electron chi connectivity index (χ1n) is 9.43. The van der Waals surface area contributed by atoms with Gasteiger partial charge in [-0.25, -0.2) is 9.18 Å². The summed E-state index contributed by atoms with van der Waals surface area (Å²) in [6, 6.07) is 13.2. The highest BCUT2D eigenvalue weighted by Crippen LogP contribution is 2.38. The van der Waals surface area contributed by atoms with E-state index in [0.717, 1.165) is 20.6 Å². The summed E-state index contributed by atoms with van der Waals surface area (Å²) in [5.41, 5.74) is 0.990. The molecule has 0 bridgehead atoms. The summed E-state index contributed by atoms with van der Waals surface area (Å²) in [6.07, 6.45) is 0. The van der Waals surface area contributed by atoms with Gasteiger partial charge in [0.05, 0.1) is 11.3 Å². The number of anilines is 1. The van der Waals surface area contributed by atoms with Crippen molar-refractivity contribution in [3.05, 3.63) is 97.8 Å². The zero-order chi connectivity index (χ0) is 23.0. The Labute approximate surface area is 201 Å². The van der Waals surface area contributed by atoms with E-state index in [0.29, 0.717) is 10.6 Å². The van der Waals surface area contributed by atoms with E-state index in [9.17, 15) is 23.9 Å². The molecule has 6 nitrogen and oxygen atoms in total. The van der Waals surface area contributed by atoms with Gasteiger partial charge >= 0.3 is 5.97 Å². The van der Waals surface area contributed by atoms with Gasteiger partial charge < -0.3 is 15.3 Å². The zero-order valence-corrected chi connectivity index (χ0v) is 19.2. The number of amides is 2. The molecular weight excluding hydrogens is 550 g/mol. The zero-order valence-electron chi connectivity index (χ0n) is 16.3. The van der Waals surface area contributed by atoms with Gasteiger partial charge in [0.25, 0.3) is 11.8 Å². The number of halogens is 3. The second kappa shape index (κ2) is 8.87. The van der Waals surface area contributed by atoms with Crippen LogP contribution in [-0.4, -0.2) is 27.8 Å². The normalized spacial score (nSPS) is 16.7. The van der Waals surface area contributed by atoms with Crippen LogP contribution < -0.4 is 5.32 Å². The van der Waals surface area contributed by atoms with Crippen molar-refractivity contribution in [3.63, 3.8) is 0 Å². The van der Waals surface area contributed by atoms with Crippen molar-refractivity contribution in [1.29, 1.82) is 0 Å². The van der Waals surface area contributed by atoms with E-state index >= 15 is 0 Å². The Kier molecular flexibility index (Phi) is 6.16. The SMILES string of the molecule is O=C(O)C(c1ccc(F)cc1)N1C(=O)c2cc(I)ccc2NC(=O)C1c1ccc(Cl)cc1. The Morgan fingerprint density at radius 3 is 2.34 bits per heavy atom. The number of nitrogens with one attached hydrogen (secondary N) is 1. The van der Waals surface area contributed by atoms with Crippen molar-refractivity contribution in [3.8, 4) is 0 Å². The topological polar surface area (TPSA) is 86.7 Å². The molecule has 9 heteroatoms. The molecule has 3 aromatic rings. The van der Waals surface area contributed by atoms with Crippen molar-refractivity contribution in [2.45, 2.75) is 12.1 Å². The molecule has 2 unspecified atom stereocenters. The highest BCUT2D eigenvalue weighted by molar-refractivity contribution is 14.1. The van der Waals surface area contributed by atoms with Gasteiger partial charge in [0, 0.05) is 8.59 Å². The average molecular weight is 565 g/mol. The maximum Gasteiger partial charge on any atom is 0.331 e. The lowest BCUT2D eigenvalue weighted by Crippen LogP contribution is -2.44. The van der Waals surface area contributed by atoms with Crippen LogP contribution in [0.2, 0.25) is 5.02 Å². The first-order chi connectivity index (χ1) is 15.3. The smallest absolute Gasteiger partial charge is 0.331 e. The highest BCUT2D eigenvalue weighted by atomic mass is 127. The van der Waals surface area contributed by atoms with Crippen molar-refractivity contribution in [2.24, 2.45) is 0 Å². The van der Waals surface area contributed by atoms with E-state index in [-0.39, 0.29) is 16.8 Å². The predicted octanol–water partition coefficient (Wildman–Crippen LogP) is 5.05. The number of carboxylic acids is 1. The monoisotopic (exact) mass is 564 g/mol. The molecule has 2 amide bonds. The van der Waals surface area contributed by atoms with Crippen LogP contribution in [-0.2, 0) is 9.59 Å². The Morgan fingerprint density at radius 2 is 1.72 bits per heavy atom. The first-order valence-corrected chi connectivity index (χ1v) is 10.9. The van der Waals surface area contributed by atoms with Crippen molar-refractivity contribution in [1.82, 2.24) is 4.90 Å². The summed E-state index contributed by atoms with van der Waals surface area (Å²) in [6.45, 7) is 0. The quantitative estimate of drug-likeness (QED) is 0.435. The van der Waals surface area contributed by atoms with Crippen molar-refractivity contribution < 1.29 is 23.9 Å². The molecular formula is C23H15ClFIN2O4. The molecule has 1 aliphatic rings. The van der Waals surface area contributed by atoms with Crippen LogP contribution in [0.3, 0.4) is 0 Å². The summed E-state index contributed by atoms with van der Waals surface area (Å²) in [5, 5.41) is 13.3. The van der Waals surface area contributed by atoms with E-state index in [1.165, 1.54) is 12.1 Å². The maximum atomic E-state index is 13.7. The van der Waals surface area contributed by atoms with Crippen LogP contribution in [0, 0.1) is 9.39 Å². The van der Waals surface area contributed by atoms with Crippen LogP contribution in [0.1, 0.15) is 33.6 Å². The number of nitrogens with zero attached hydrogens (tertiary/aromatic N) is 1. The molecule has 162 valence electrons. The summed E-state index contributed by atoms with van der Waals surface area (Å²) < 4.78 is 14.3. The second-order valence-electron chi connectivity index (χ2n) is 7.14. The maximum absolute atomic E-state index is 13.7. The fraction of sp³-hybridized carbons (Fsp3) is 0.0870. The summed E-state index contributed by atoms with van der Waals surface area (Å²) >= 11 is 8.02. The number of carboxylic acid groups (broad SMARTS) is 1. The number of rotatable bonds is 4. The molecule has 2 N–H and O–H groups in total. The van der Waals surface area contributed by atoms with Gasteiger partial charge in [0.15, 0.2) is 6.04 Å². The number of fused-ring (bicyclic) bond motifs is 1. The summed E-state index contributed by atoms with van der Waals surface area (Å²) in [4.78, 5) is 40.5. The fourth-order valence-corrected chi connectivity index (χ4v) is 4.29. The fourth-order valence-electron chi connectivity index (χ4n) is 3.68. The van der Waals surface area contributed by atoms with Gasteiger partial charge in [0.2, 0.25) is 0 Å². The summed E-state index contributed by atoms with van der Waals surface area (Å²) in [5.74, 6) is -3.12. The third kappa shape index (κ3) is 4.20. The molecule has 32 heavy (non-hydrogen) atoms. The van der Waals surface area contributed by atoms with Gasteiger partial charge in [0.1, 0.15) is 11.9 Å². The van der Waals surface area contributed by atoms with E-state index in [2.05, 4.69) is 5.32 Å². The van der Waals surface area contributed by atoms with Crippen molar-refractivity contribution in [2.75, 3.05) is 5.32 Å².